The van der Waals surface area contributed by atoms with Gasteiger partial charge in [-0.15, -0.1) is 0 Å². The Labute approximate surface area is 180 Å². The summed E-state index contributed by atoms with van der Waals surface area (Å²) in [5.74, 6) is 0. The maximum atomic E-state index is 12.6. The summed E-state index contributed by atoms with van der Waals surface area (Å²) >= 11 is 7.77. The average molecular weight is 445 g/mol. The number of nitrogens with zero attached hydrogens (tertiary/aromatic N) is 4. The second-order valence-corrected chi connectivity index (χ2v) is 7.99. The second kappa shape index (κ2) is 8.34. The van der Waals surface area contributed by atoms with Gasteiger partial charge in [0, 0.05) is 12.7 Å². The lowest BCUT2D eigenvalue weighted by molar-refractivity contribution is 0.121. The van der Waals surface area contributed by atoms with Crippen LogP contribution in [0.1, 0.15) is 23.6 Å². The van der Waals surface area contributed by atoms with E-state index in [-0.39, 0.29) is 6.10 Å². The van der Waals surface area contributed by atoms with Crippen LogP contribution in [0.5, 0.6) is 0 Å². The molecule has 30 heavy (non-hydrogen) atoms. The number of ether oxygens (including phenoxy) is 1. The molecule has 1 atom stereocenters. The molecule has 11 heteroatoms. The van der Waals surface area contributed by atoms with E-state index < -0.39 is 6.03 Å². The van der Waals surface area contributed by atoms with Crippen LogP contribution < -0.4 is 10.6 Å². The quantitative estimate of drug-likeness (QED) is 0.442. The Morgan fingerprint density at radius 2 is 2.10 bits per heavy atom. The fourth-order valence-corrected chi connectivity index (χ4v) is 4.00. The van der Waals surface area contributed by atoms with Crippen LogP contribution in [0.2, 0.25) is 5.02 Å². The van der Waals surface area contributed by atoms with Crippen LogP contribution in [0, 0.1) is 6.92 Å². The van der Waals surface area contributed by atoms with Crippen molar-refractivity contribution < 1.29 is 14.1 Å². The number of pyridine rings is 2. The first kappa shape index (κ1) is 20.2. The highest BCUT2D eigenvalue weighted by molar-refractivity contribution is 7.18. The molecule has 0 fully saturated rings. The summed E-state index contributed by atoms with van der Waals surface area (Å²) in [7, 11) is 1.60. The lowest BCUT2D eigenvalue weighted by atomic mass is 10.1. The van der Waals surface area contributed by atoms with E-state index in [9.17, 15) is 4.79 Å². The molecule has 0 aliphatic heterocycles. The zero-order valence-electron chi connectivity index (χ0n) is 16.3. The number of aromatic nitrogens is 4. The minimum atomic E-state index is -0.469. The van der Waals surface area contributed by atoms with E-state index in [0.29, 0.717) is 33.2 Å². The topological polar surface area (TPSA) is 115 Å². The number of thiazole rings is 1. The summed E-state index contributed by atoms with van der Waals surface area (Å²) in [6.07, 6.45) is 5.76. The minimum absolute atomic E-state index is 0.286. The third kappa shape index (κ3) is 3.97. The molecule has 2 amide bonds. The Morgan fingerprint density at radius 3 is 2.80 bits per heavy atom. The van der Waals surface area contributed by atoms with Crippen LogP contribution >= 0.6 is 22.9 Å². The lowest BCUT2D eigenvalue weighted by Gasteiger charge is -2.16. The number of aryl methyl sites for hydroxylation is 1. The molecule has 0 aliphatic rings. The molecule has 0 saturated carbocycles. The molecule has 9 nitrogen and oxygen atoms in total. The molecular formula is C19H17ClN6O3S. The van der Waals surface area contributed by atoms with E-state index in [0.717, 1.165) is 15.4 Å². The first-order valence-corrected chi connectivity index (χ1v) is 10.1. The molecule has 4 rings (SSSR count). The number of urea groups is 1. The highest BCUT2D eigenvalue weighted by Crippen LogP contribution is 2.34. The first-order chi connectivity index (χ1) is 14.5. The number of anilines is 2. The Morgan fingerprint density at radius 1 is 1.27 bits per heavy atom. The fourth-order valence-electron chi connectivity index (χ4n) is 2.95. The number of carbonyl (C=O) groups is 1. The molecule has 1 unspecified atom stereocenters. The van der Waals surface area contributed by atoms with E-state index in [1.807, 2.05) is 13.8 Å². The van der Waals surface area contributed by atoms with Crippen molar-refractivity contribution in [2.45, 2.75) is 20.0 Å². The van der Waals surface area contributed by atoms with Gasteiger partial charge in [-0.3, -0.25) is 4.98 Å². The number of methoxy groups -OCH3 is 1. The molecule has 0 bridgehead atoms. The molecule has 0 radical (unpaired) electrons. The number of amides is 2. The molecule has 0 aromatic carbocycles. The number of carbonyl (C=O) groups excluding carboxylic acids is 1. The van der Waals surface area contributed by atoms with Crippen LogP contribution in [0.3, 0.4) is 0 Å². The molecule has 4 aromatic heterocycles. The molecule has 0 spiro atoms. The maximum absolute atomic E-state index is 12.6. The van der Waals surface area contributed by atoms with Gasteiger partial charge < -0.3 is 19.9 Å². The van der Waals surface area contributed by atoms with E-state index in [1.165, 1.54) is 30.0 Å². The van der Waals surface area contributed by atoms with Gasteiger partial charge in [-0.05, 0) is 19.9 Å². The fraction of sp³-hybridized carbons (Fsp3) is 0.211. The van der Waals surface area contributed by atoms with Gasteiger partial charge in [0.2, 0.25) is 0 Å². The van der Waals surface area contributed by atoms with Crippen molar-refractivity contribution in [3.63, 3.8) is 0 Å². The Bertz CT molecular complexity index is 1210. The smallest absolute Gasteiger partial charge is 0.323 e. The predicted molar refractivity (Wildman–Crippen MR) is 115 cm³/mol. The summed E-state index contributed by atoms with van der Waals surface area (Å²) in [4.78, 5) is 26.6. The first-order valence-electron chi connectivity index (χ1n) is 8.88. The summed E-state index contributed by atoms with van der Waals surface area (Å²) in [6, 6.07) is 1.13. The van der Waals surface area contributed by atoms with Crippen molar-refractivity contribution in [1.29, 1.82) is 0 Å². The number of nitrogens with one attached hydrogen (secondary N) is 2. The van der Waals surface area contributed by atoms with E-state index >= 15 is 0 Å². The third-order valence-electron chi connectivity index (χ3n) is 4.39. The maximum Gasteiger partial charge on any atom is 0.323 e. The van der Waals surface area contributed by atoms with Gasteiger partial charge in [-0.2, -0.15) is 0 Å². The van der Waals surface area contributed by atoms with Crippen molar-refractivity contribution in [2.24, 2.45) is 0 Å². The van der Waals surface area contributed by atoms with Gasteiger partial charge in [0.25, 0.3) is 0 Å². The van der Waals surface area contributed by atoms with Gasteiger partial charge in [-0.25, -0.2) is 14.8 Å². The Kier molecular flexibility index (Phi) is 5.62. The average Bonchev–Trinajstić information content (AvgIpc) is 3.36. The van der Waals surface area contributed by atoms with Gasteiger partial charge in [0.1, 0.15) is 16.6 Å². The minimum Gasteiger partial charge on any atom is -0.377 e. The highest BCUT2D eigenvalue weighted by Gasteiger charge is 2.20. The highest BCUT2D eigenvalue weighted by atomic mass is 35.5. The van der Waals surface area contributed by atoms with Crippen LogP contribution in [0.15, 0.2) is 35.4 Å². The van der Waals surface area contributed by atoms with Crippen LogP contribution in [0.25, 0.3) is 21.6 Å². The SMILES string of the molecule is COC(C)c1c(NC(=O)Nc2cnc(-c3cnoc3)c(Cl)c2)cnc2sc(C)nc12. The summed E-state index contributed by atoms with van der Waals surface area (Å²) in [6.45, 7) is 3.80. The number of rotatable bonds is 5. The van der Waals surface area contributed by atoms with Crippen LogP contribution in [-0.4, -0.2) is 33.2 Å². The molecule has 154 valence electrons. The van der Waals surface area contributed by atoms with Gasteiger partial charge >= 0.3 is 6.03 Å². The number of hydrogen-bond acceptors (Lipinski definition) is 8. The van der Waals surface area contributed by atoms with Gasteiger partial charge in [0.05, 0.1) is 57.4 Å². The predicted octanol–water partition coefficient (Wildman–Crippen LogP) is 5.05. The monoisotopic (exact) mass is 444 g/mol. The molecule has 0 saturated heterocycles. The Balaban J connectivity index is 1.57. The zero-order valence-corrected chi connectivity index (χ0v) is 17.8. The number of fused-ring (bicyclic) bond motifs is 1. The van der Waals surface area contributed by atoms with Gasteiger partial charge in [0.15, 0.2) is 0 Å². The number of hydrogen-bond donors (Lipinski definition) is 2. The lowest BCUT2D eigenvalue weighted by Crippen LogP contribution is -2.21. The molecule has 4 heterocycles. The van der Waals surface area contributed by atoms with E-state index in [1.54, 1.807) is 19.4 Å². The summed E-state index contributed by atoms with van der Waals surface area (Å²) in [5, 5.41) is 10.4. The van der Waals surface area contributed by atoms with Crippen molar-refractivity contribution >= 4 is 50.7 Å². The molecular weight excluding hydrogens is 428 g/mol. The van der Waals surface area contributed by atoms with Crippen molar-refractivity contribution in [2.75, 3.05) is 17.7 Å². The molecule has 0 aliphatic carbocycles. The molecule has 2 N–H and O–H groups in total. The standard InChI is InChI=1S/C19H17ClN6O3S/c1-9(28-3)15-14(7-22-18-17(15)24-10(2)30-18)26-19(27)25-12-4-13(20)16(21-6-12)11-5-23-29-8-11/h4-9H,1-3H3,(H2,25,26,27). The Hall–Kier alpha value is -3.08. The zero-order chi connectivity index (χ0) is 21.3. The van der Waals surface area contributed by atoms with E-state index in [4.69, 9.17) is 20.9 Å². The number of halogens is 1. The normalized spacial score (nSPS) is 12.1. The van der Waals surface area contributed by atoms with Crippen molar-refractivity contribution in [3.05, 3.63) is 46.5 Å². The van der Waals surface area contributed by atoms with E-state index in [2.05, 4.69) is 30.7 Å². The summed E-state index contributed by atoms with van der Waals surface area (Å²) < 4.78 is 10.3. The summed E-state index contributed by atoms with van der Waals surface area (Å²) in [5.41, 5.74) is 3.58. The van der Waals surface area contributed by atoms with Crippen LogP contribution in [-0.2, 0) is 4.74 Å². The van der Waals surface area contributed by atoms with Gasteiger partial charge in [-0.1, -0.05) is 28.1 Å². The third-order valence-corrected chi connectivity index (χ3v) is 5.55. The van der Waals surface area contributed by atoms with Crippen LogP contribution in [0.4, 0.5) is 16.2 Å². The van der Waals surface area contributed by atoms with Crippen molar-refractivity contribution in [1.82, 2.24) is 20.1 Å². The molecule has 4 aromatic rings. The van der Waals surface area contributed by atoms with Crippen molar-refractivity contribution in [3.8, 4) is 11.3 Å². The second-order valence-electron chi connectivity index (χ2n) is 6.40. The largest absolute Gasteiger partial charge is 0.377 e.